The lowest BCUT2D eigenvalue weighted by Gasteiger charge is -2.35. The topological polar surface area (TPSA) is 9.86 Å². The minimum absolute atomic E-state index is 1.12. The standard InChI is InChI=1S/C66H46N2Si/c1-7-23-47(24-8-1)50-43-51(48-25-9-2-10-26-48)45-53(44-50)68-61-42-41-52(67-60-37-20-19-35-58(60)65-57(36-21-38-62(65)67)49-27-11-3-12-28-49)46-59(61)66-63(68)39-22-40-64(66)69(54-29-13-4-14-30-54,55-31-15-5-16-32-55)56-33-17-6-18-34-56/h1-46H. The number of hydrogen-bond donors (Lipinski definition) is 0. The van der Waals surface area contributed by atoms with Crippen LogP contribution in [0.25, 0.3) is 88.4 Å². The van der Waals surface area contributed by atoms with Gasteiger partial charge in [-0.25, -0.2) is 0 Å². The summed E-state index contributed by atoms with van der Waals surface area (Å²) in [6, 6.07) is 104. The van der Waals surface area contributed by atoms with Gasteiger partial charge in [0.1, 0.15) is 0 Å². The molecule has 2 aromatic heterocycles. The molecule has 2 heterocycles. The summed E-state index contributed by atoms with van der Waals surface area (Å²) in [5.41, 5.74) is 14.1. The molecule has 0 amide bonds. The maximum atomic E-state index is 2.54. The summed E-state index contributed by atoms with van der Waals surface area (Å²) >= 11 is 0. The first-order valence-corrected chi connectivity index (χ1v) is 25.8. The molecule has 0 aliphatic rings. The van der Waals surface area contributed by atoms with Crippen molar-refractivity contribution in [1.82, 2.24) is 9.13 Å². The Kier molecular flexibility index (Phi) is 9.88. The van der Waals surface area contributed by atoms with Gasteiger partial charge < -0.3 is 9.13 Å². The third-order valence-electron chi connectivity index (χ3n) is 14.2. The Hall–Kier alpha value is -8.76. The van der Waals surface area contributed by atoms with Gasteiger partial charge in [-0.1, -0.05) is 224 Å². The molecule has 0 fully saturated rings. The second-order valence-corrected chi connectivity index (χ2v) is 21.8. The number of benzene rings is 11. The van der Waals surface area contributed by atoms with Gasteiger partial charge in [0.05, 0.1) is 22.1 Å². The van der Waals surface area contributed by atoms with Crippen LogP contribution in [0.5, 0.6) is 0 Å². The molecule has 0 radical (unpaired) electrons. The first-order chi connectivity index (χ1) is 34.3. The third-order valence-corrected chi connectivity index (χ3v) is 19.1. The summed E-state index contributed by atoms with van der Waals surface area (Å²) in [6.45, 7) is 0. The van der Waals surface area contributed by atoms with E-state index in [1.54, 1.807) is 0 Å². The fraction of sp³-hybridized carbons (Fsp3) is 0. The first-order valence-electron chi connectivity index (χ1n) is 23.8. The molecule has 2 nitrogen and oxygen atoms in total. The second kappa shape index (κ2) is 16.8. The van der Waals surface area contributed by atoms with Crippen LogP contribution in [0.4, 0.5) is 0 Å². The highest BCUT2D eigenvalue weighted by molar-refractivity contribution is 7.20. The van der Waals surface area contributed by atoms with Crippen molar-refractivity contribution in [3.63, 3.8) is 0 Å². The van der Waals surface area contributed by atoms with Crippen molar-refractivity contribution in [1.29, 1.82) is 0 Å². The molecule has 0 unspecified atom stereocenters. The zero-order chi connectivity index (χ0) is 45.7. The molecule has 0 aliphatic carbocycles. The Labute approximate surface area is 403 Å². The molecule has 69 heavy (non-hydrogen) atoms. The molecule has 13 rings (SSSR count). The van der Waals surface area contributed by atoms with E-state index in [4.69, 9.17) is 0 Å². The zero-order valence-corrected chi connectivity index (χ0v) is 39.0. The highest BCUT2D eigenvalue weighted by Crippen LogP contribution is 2.41. The number of hydrogen-bond acceptors (Lipinski definition) is 0. The van der Waals surface area contributed by atoms with E-state index in [-0.39, 0.29) is 0 Å². The van der Waals surface area contributed by atoms with E-state index in [0.29, 0.717) is 0 Å². The van der Waals surface area contributed by atoms with Gasteiger partial charge in [0.25, 0.3) is 0 Å². The van der Waals surface area contributed by atoms with Gasteiger partial charge in [-0.2, -0.15) is 0 Å². The molecule has 0 saturated carbocycles. The molecule has 3 heteroatoms. The van der Waals surface area contributed by atoms with Crippen LogP contribution in [0.15, 0.2) is 279 Å². The summed E-state index contributed by atoms with van der Waals surface area (Å²) in [7, 11) is -3.03. The molecule has 13 aromatic rings. The lowest BCUT2D eigenvalue weighted by molar-refractivity contribution is 1.17. The quantitative estimate of drug-likeness (QED) is 0.101. The molecule has 0 saturated heterocycles. The van der Waals surface area contributed by atoms with Gasteiger partial charge in [0, 0.05) is 32.9 Å². The van der Waals surface area contributed by atoms with E-state index >= 15 is 0 Å². The van der Waals surface area contributed by atoms with Crippen molar-refractivity contribution in [2.24, 2.45) is 0 Å². The summed E-state index contributed by atoms with van der Waals surface area (Å²) in [6.07, 6.45) is 0. The van der Waals surface area contributed by atoms with Crippen LogP contribution >= 0.6 is 0 Å². The smallest absolute Gasteiger partial charge is 0.180 e. The zero-order valence-electron chi connectivity index (χ0n) is 38.0. The van der Waals surface area contributed by atoms with E-state index in [1.165, 1.54) is 92.2 Å². The van der Waals surface area contributed by atoms with Gasteiger partial charge in [0.15, 0.2) is 8.07 Å². The predicted molar refractivity (Wildman–Crippen MR) is 295 cm³/mol. The van der Waals surface area contributed by atoms with Crippen LogP contribution in [0.3, 0.4) is 0 Å². The molecule has 324 valence electrons. The van der Waals surface area contributed by atoms with Crippen molar-refractivity contribution in [3.05, 3.63) is 279 Å². The monoisotopic (exact) mass is 894 g/mol. The molecule has 0 aliphatic heterocycles. The van der Waals surface area contributed by atoms with Crippen LogP contribution < -0.4 is 20.7 Å². The molecular weight excluding hydrogens is 849 g/mol. The maximum absolute atomic E-state index is 3.03. The summed E-state index contributed by atoms with van der Waals surface area (Å²) < 4.78 is 5.03. The van der Waals surface area contributed by atoms with Gasteiger partial charge in [0.2, 0.25) is 0 Å². The second-order valence-electron chi connectivity index (χ2n) is 18.0. The Balaban J connectivity index is 1.18. The Morgan fingerprint density at radius 1 is 0.246 bits per heavy atom. The van der Waals surface area contributed by atoms with E-state index in [9.17, 15) is 0 Å². The number of rotatable bonds is 9. The lowest BCUT2D eigenvalue weighted by Crippen LogP contribution is -2.74. The van der Waals surface area contributed by atoms with Crippen molar-refractivity contribution in [2.45, 2.75) is 0 Å². The fourth-order valence-corrected chi connectivity index (χ4v) is 16.3. The number of para-hydroxylation sites is 1. The minimum Gasteiger partial charge on any atom is -0.309 e. The Morgan fingerprint density at radius 3 is 1.25 bits per heavy atom. The van der Waals surface area contributed by atoms with E-state index < -0.39 is 8.07 Å². The van der Waals surface area contributed by atoms with Crippen LogP contribution in [-0.2, 0) is 0 Å². The van der Waals surface area contributed by atoms with Crippen LogP contribution in [-0.4, -0.2) is 17.2 Å². The highest BCUT2D eigenvalue weighted by Gasteiger charge is 2.43. The number of fused-ring (bicyclic) bond motifs is 6. The number of nitrogens with zero attached hydrogens (tertiary/aromatic N) is 2. The third kappa shape index (κ3) is 6.62. The largest absolute Gasteiger partial charge is 0.309 e. The lowest BCUT2D eigenvalue weighted by atomic mass is 9.98. The van der Waals surface area contributed by atoms with Crippen LogP contribution in [0.1, 0.15) is 0 Å². The van der Waals surface area contributed by atoms with E-state index in [1.807, 2.05) is 0 Å². The van der Waals surface area contributed by atoms with Crippen molar-refractivity contribution in [3.8, 4) is 44.8 Å². The van der Waals surface area contributed by atoms with Crippen LogP contribution in [0.2, 0.25) is 0 Å². The molecular formula is C66H46N2Si. The average Bonchev–Trinajstić information content (AvgIpc) is 3.96. The summed E-state index contributed by atoms with van der Waals surface area (Å²) in [5, 5.41) is 10.4. The molecule has 0 spiro atoms. The molecule has 0 N–H and O–H groups in total. The predicted octanol–water partition coefficient (Wildman–Crippen LogP) is 14.3. The molecule has 0 atom stereocenters. The normalized spacial score (nSPS) is 11.8. The molecule has 11 aromatic carbocycles. The Bertz CT molecular complexity index is 3820. The highest BCUT2D eigenvalue weighted by atomic mass is 28.3. The first kappa shape index (κ1) is 40.5. The minimum atomic E-state index is -3.03. The van der Waals surface area contributed by atoms with Crippen molar-refractivity contribution < 1.29 is 0 Å². The van der Waals surface area contributed by atoms with E-state index in [0.717, 1.165) is 16.9 Å². The number of aromatic nitrogens is 2. The maximum Gasteiger partial charge on any atom is 0.180 e. The van der Waals surface area contributed by atoms with Gasteiger partial charge in [-0.3, -0.25) is 0 Å². The van der Waals surface area contributed by atoms with Gasteiger partial charge >= 0.3 is 0 Å². The van der Waals surface area contributed by atoms with Crippen molar-refractivity contribution in [2.75, 3.05) is 0 Å². The summed E-state index contributed by atoms with van der Waals surface area (Å²) in [5.74, 6) is 0. The van der Waals surface area contributed by atoms with E-state index in [2.05, 4.69) is 288 Å². The average molecular weight is 895 g/mol. The molecule has 0 bridgehead atoms. The SMILES string of the molecule is c1ccc(-c2cc(-c3ccccc3)cc(-n3c4ccc(-n5c6ccccc6c6c(-c7ccccc7)cccc65)cc4c4c([Si](c5ccccc5)(c5ccccc5)c5ccccc5)cccc43)c2)cc1. The van der Waals surface area contributed by atoms with Gasteiger partial charge in [-0.05, 0) is 109 Å². The Morgan fingerprint density at radius 2 is 0.681 bits per heavy atom. The fourth-order valence-electron chi connectivity index (χ4n) is 11.3. The van der Waals surface area contributed by atoms with Crippen LogP contribution in [0, 0.1) is 0 Å². The summed E-state index contributed by atoms with van der Waals surface area (Å²) in [4.78, 5) is 0. The van der Waals surface area contributed by atoms with Gasteiger partial charge in [-0.15, -0.1) is 0 Å². The van der Waals surface area contributed by atoms with Crippen molar-refractivity contribution >= 4 is 72.4 Å².